The molecule has 1 aromatic carbocycles. The SMILES string of the molecule is CCCCOC(=O)N1CC2(CC(n3nc(-c4ccc5c(c4)CC(CO[Si](C)(C)C(C)(C)C)O5)c(Br)c3C)C2)C1. The first-order chi connectivity index (χ1) is 18.3. The van der Waals surface area contributed by atoms with E-state index in [4.69, 9.17) is 19.0 Å². The molecule has 2 fully saturated rings. The van der Waals surface area contributed by atoms with Crippen molar-refractivity contribution in [1.82, 2.24) is 14.7 Å². The number of fused-ring (bicyclic) bond motifs is 1. The Bertz CT molecular complexity index is 1220. The molecule has 1 saturated heterocycles. The number of ether oxygens (including phenoxy) is 2. The second-order valence-electron chi connectivity index (χ2n) is 13.4. The van der Waals surface area contributed by atoms with E-state index in [9.17, 15) is 4.79 Å². The first kappa shape index (κ1) is 28.7. The normalized spacial score (nSPS) is 20.4. The van der Waals surface area contributed by atoms with Gasteiger partial charge >= 0.3 is 6.09 Å². The number of rotatable bonds is 8. The highest BCUT2D eigenvalue weighted by molar-refractivity contribution is 9.10. The molecule has 0 N–H and O–H groups in total. The van der Waals surface area contributed by atoms with Crippen LogP contribution in [-0.4, -0.2) is 61.5 Å². The van der Waals surface area contributed by atoms with E-state index in [0.29, 0.717) is 19.3 Å². The van der Waals surface area contributed by atoms with Crippen molar-refractivity contribution in [3.05, 3.63) is 33.9 Å². The van der Waals surface area contributed by atoms with Crippen LogP contribution in [-0.2, 0) is 15.6 Å². The van der Waals surface area contributed by atoms with E-state index in [1.54, 1.807) is 0 Å². The van der Waals surface area contributed by atoms with Crippen molar-refractivity contribution >= 4 is 30.3 Å². The smallest absolute Gasteiger partial charge is 0.409 e. The molecular formula is C30H44BrN3O4Si. The average molecular weight is 619 g/mol. The summed E-state index contributed by atoms with van der Waals surface area (Å²) in [6.07, 6.45) is 4.81. The first-order valence-electron chi connectivity index (χ1n) is 14.4. The number of aromatic nitrogens is 2. The molecule has 7 nitrogen and oxygen atoms in total. The zero-order chi connectivity index (χ0) is 28.2. The number of unbranched alkanes of at least 4 members (excludes halogenated alkanes) is 1. The van der Waals surface area contributed by atoms with Crippen LogP contribution in [0.25, 0.3) is 11.3 Å². The van der Waals surface area contributed by atoms with Gasteiger partial charge in [0.2, 0.25) is 0 Å². The number of benzene rings is 1. The molecule has 3 aliphatic rings. The Balaban J connectivity index is 1.19. The maximum Gasteiger partial charge on any atom is 0.409 e. The molecule has 1 amide bonds. The van der Waals surface area contributed by atoms with Crippen LogP contribution >= 0.6 is 15.9 Å². The van der Waals surface area contributed by atoms with E-state index in [1.165, 1.54) is 5.56 Å². The summed E-state index contributed by atoms with van der Waals surface area (Å²) in [5.74, 6) is 0.957. The van der Waals surface area contributed by atoms with Crippen molar-refractivity contribution in [2.24, 2.45) is 5.41 Å². The van der Waals surface area contributed by atoms with Crippen molar-refractivity contribution in [3.63, 3.8) is 0 Å². The number of carbonyl (C=O) groups excluding carboxylic acids is 1. The van der Waals surface area contributed by atoms with Gasteiger partial charge in [-0.05, 0) is 84.0 Å². The lowest BCUT2D eigenvalue weighted by molar-refractivity contribution is -0.0825. The van der Waals surface area contributed by atoms with Gasteiger partial charge in [0.15, 0.2) is 8.32 Å². The molecule has 1 spiro atoms. The second kappa shape index (κ2) is 10.5. The molecule has 1 saturated carbocycles. The van der Waals surface area contributed by atoms with Gasteiger partial charge in [-0.25, -0.2) is 4.79 Å². The van der Waals surface area contributed by atoms with Crippen LogP contribution in [0, 0.1) is 12.3 Å². The minimum Gasteiger partial charge on any atom is -0.487 e. The van der Waals surface area contributed by atoms with Crippen LogP contribution in [0.4, 0.5) is 4.79 Å². The molecule has 2 aromatic rings. The highest BCUT2D eigenvalue weighted by Crippen LogP contribution is 2.55. The number of halogens is 1. The lowest BCUT2D eigenvalue weighted by atomic mass is 9.61. The van der Waals surface area contributed by atoms with Crippen molar-refractivity contribution < 1.29 is 18.7 Å². The summed E-state index contributed by atoms with van der Waals surface area (Å²) in [7, 11) is -1.81. The van der Waals surface area contributed by atoms with Gasteiger partial charge in [-0.3, -0.25) is 4.68 Å². The third kappa shape index (κ3) is 5.55. The summed E-state index contributed by atoms with van der Waals surface area (Å²) in [5.41, 5.74) is 4.68. The molecule has 39 heavy (non-hydrogen) atoms. The average Bonchev–Trinajstić information content (AvgIpc) is 3.36. The third-order valence-corrected chi connectivity index (χ3v) is 14.8. The fourth-order valence-electron chi connectivity index (χ4n) is 5.78. The highest BCUT2D eigenvalue weighted by Gasteiger charge is 2.55. The molecule has 0 radical (unpaired) electrons. The van der Waals surface area contributed by atoms with Crippen LogP contribution in [0.5, 0.6) is 5.75 Å². The molecule has 5 rings (SSSR count). The van der Waals surface area contributed by atoms with E-state index < -0.39 is 8.32 Å². The number of likely N-dealkylation sites (tertiary alicyclic amines) is 1. The van der Waals surface area contributed by atoms with E-state index in [2.05, 4.69) is 86.5 Å². The lowest BCUT2D eigenvalue weighted by Crippen LogP contribution is -2.64. The Morgan fingerprint density at radius 1 is 1.26 bits per heavy atom. The molecule has 1 unspecified atom stereocenters. The van der Waals surface area contributed by atoms with Gasteiger partial charge in [0.05, 0.1) is 29.4 Å². The molecule has 1 aromatic heterocycles. The van der Waals surface area contributed by atoms with Crippen molar-refractivity contribution in [3.8, 4) is 17.0 Å². The quantitative estimate of drug-likeness (QED) is 0.226. The monoisotopic (exact) mass is 617 g/mol. The Hall–Kier alpha value is -1.84. The van der Waals surface area contributed by atoms with E-state index >= 15 is 0 Å². The number of hydrogen-bond donors (Lipinski definition) is 0. The van der Waals surface area contributed by atoms with Gasteiger partial charge in [0.1, 0.15) is 17.5 Å². The van der Waals surface area contributed by atoms with Gasteiger partial charge in [-0.2, -0.15) is 5.10 Å². The number of nitrogens with zero attached hydrogens (tertiary/aromatic N) is 3. The Morgan fingerprint density at radius 3 is 2.64 bits per heavy atom. The summed E-state index contributed by atoms with van der Waals surface area (Å²) < 4.78 is 21.3. The molecule has 3 heterocycles. The minimum atomic E-state index is -1.81. The minimum absolute atomic E-state index is 0.0595. The number of hydrogen-bond acceptors (Lipinski definition) is 5. The molecule has 0 bridgehead atoms. The van der Waals surface area contributed by atoms with Gasteiger partial charge in [-0.15, -0.1) is 0 Å². The van der Waals surface area contributed by atoms with Gasteiger partial charge in [-0.1, -0.05) is 34.1 Å². The maximum atomic E-state index is 12.2. The maximum absolute atomic E-state index is 12.2. The summed E-state index contributed by atoms with van der Waals surface area (Å²) in [6, 6.07) is 6.79. The largest absolute Gasteiger partial charge is 0.487 e. The Labute approximate surface area is 242 Å². The summed E-state index contributed by atoms with van der Waals surface area (Å²) in [4.78, 5) is 14.1. The summed E-state index contributed by atoms with van der Waals surface area (Å²) in [6.45, 7) is 18.4. The van der Waals surface area contributed by atoms with Crippen LogP contribution in [0.15, 0.2) is 22.7 Å². The summed E-state index contributed by atoms with van der Waals surface area (Å²) >= 11 is 3.84. The molecule has 1 atom stereocenters. The predicted molar refractivity (Wildman–Crippen MR) is 160 cm³/mol. The third-order valence-electron chi connectivity index (χ3n) is 9.31. The van der Waals surface area contributed by atoms with Gasteiger partial charge in [0, 0.05) is 30.5 Å². The van der Waals surface area contributed by atoms with Gasteiger partial charge in [0.25, 0.3) is 0 Å². The standard InChI is InChI=1S/C30H44BrN3O4Si/c1-8-9-12-36-28(35)33-18-30(19-33)15-23(16-30)34-20(2)26(31)27(32-34)21-10-11-25-22(13-21)14-24(38-25)17-37-39(6,7)29(3,4)5/h10-11,13,23-24H,8-9,12,14-19H2,1-7H3. The fraction of sp³-hybridized carbons (Fsp3) is 0.667. The second-order valence-corrected chi connectivity index (χ2v) is 19.0. The van der Waals surface area contributed by atoms with Crippen molar-refractivity contribution in [2.75, 3.05) is 26.3 Å². The fourth-order valence-corrected chi connectivity index (χ4v) is 7.30. The molecule has 1 aliphatic carbocycles. The van der Waals surface area contributed by atoms with E-state index in [0.717, 1.165) is 72.4 Å². The molecule has 9 heteroatoms. The first-order valence-corrected chi connectivity index (χ1v) is 18.1. The lowest BCUT2D eigenvalue weighted by Gasteiger charge is -2.58. The molecule has 2 aliphatic heterocycles. The molecular weight excluding hydrogens is 574 g/mol. The zero-order valence-electron chi connectivity index (χ0n) is 24.6. The van der Waals surface area contributed by atoms with Crippen LogP contribution in [0.1, 0.15) is 70.7 Å². The van der Waals surface area contributed by atoms with Crippen LogP contribution in [0.2, 0.25) is 18.1 Å². The highest BCUT2D eigenvalue weighted by atomic mass is 79.9. The molecule has 214 valence electrons. The topological polar surface area (TPSA) is 65.8 Å². The van der Waals surface area contributed by atoms with Crippen LogP contribution in [0.3, 0.4) is 0 Å². The Morgan fingerprint density at radius 2 is 1.97 bits per heavy atom. The van der Waals surface area contributed by atoms with Crippen molar-refractivity contribution in [1.29, 1.82) is 0 Å². The van der Waals surface area contributed by atoms with E-state index in [1.807, 2.05) is 4.90 Å². The number of carbonyl (C=O) groups is 1. The number of amides is 1. The van der Waals surface area contributed by atoms with E-state index in [-0.39, 0.29) is 22.7 Å². The predicted octanol–water partition coefficient (Wildman–Crippen LogP) is 7.52. The zero-order valence-corrected chi connectivity index (χ0v) is 27.2. The summed E-state index contributed by atoms with van der Waals surface area (Å²) in [5, 5.41) is 5.26. The Kier molecular flexibility index (Phi) is 7.74. The van der Waals surface area contributed by atoms with Gasteiger partial charge < -0.3 is 18.8 Å². The van der Waals surface area contributed by atoms with Crippen LogP contribution < -0.4 is 4.74 Å². The van der Waals surface area contributed by atoms with Crippen molar-refractivity contribution in [2.45, 2.75) is 97.0 Å².